The van der Waals surface area contributed by atoms with Crippen LogP contribution in [0.5, 0.6) is 5.75 Å². The molecule has 3 nitrogen and oxygen atoms in total. The molecule has 0 saturated heterocycles. The summed E-state index contributed by atoms with van der Waals surface area (Å²) in [5.41, 5.74) is 4.00. The van der Waals surface area contributed by atoms with E-state index in [4.69, 9.17) is 20.9 Å². The van der Waals surface area contributed by atoms with Gasteiger partial charge in [0.1, 0.15) is 12.4 Å². The molecule has 3 rings (SSSR count). The Morgan fingerprint density at radius 2 is 2.10 bits per heavy atom. The van der Waals surface area contributed by atoms with Crippen LogP contribution in [0.4, 0.5) is 0 Å². The minimum Gasteiger partial charge on any atom is -0.489 e. The van der Waals surface area contributed by atoms with Gasteiger partial charge in [0.15, 0.2) is 5.58 Å². The second-order valence-electron chi connectivity index (χ2n) is 5.00. The number of hydrogen-bond acceptors (Lipinski definition) is 3. The lowest BCUT2D eigenvalue weighted by Crippen LogP contribution is -1.95. The van der Waals surface area contributed by atoms with Crippen LogP contribution in [-0.2, 0) is 13.0 Å². The normalized spacial score (nSPS) is 11.0. The highest BCUT2D eigenvalue weighted by molar-refractivity contribution is 6.18. The van der Waals surface area contributed by atoms with Gasteiger partial charge >= 0.3 is 0 Å². The molecule has 0 atom stereocenters. The average Bonchev–Trinajstić information content (AvgIpc) is 2.88. The topological polar surface area (TPSA) is 35.3 Å². The summed E-state index contributed by atoms with van der Waals surface area (Å²) in [5, 5.41) is 5.04. The van der Waals surface area contributed by atoms with Crippen molar-refractivity contribution in [2.45, 2.75) is 20.0 Å². The maximum Gasteiger partial charge on any atom is 0.170 e. The number of aryl methyl sites for hydroxylation is 2. The number of alkyl halides is 1. The lowest BCUT2D eigenvalue weighted by Gasteiger charge is -2.06. The molecule has 0 aliphatic rings. The fraction of sp³-hybridized carbons (Fsp3) is 0.235. The van der Waals surface area contributed by atoms with E-state index in [1.807, 2.05) is 24.3 Å². The van der Waals surface area contributed by atoms with Gasteiger partial charge in [-0.2, -0.15) is 0 Å². The van der Waals surface area contributed by atoms with Gasteiger partial charge in [0.05, 0.1) is 5.69 Å². The second-order valence-corrected chi connectivity index (χ2v) is 5.38. The Kier molecular flexibility index (Phi) is 4.11. The fourth-order valence-corrected chi connectivity index (χ4v) is 2.48. The van der Waals surface area contributed by atoms with E-state index in [-0.39, 0.29) is 0 Å². The Hall–Kier alpha value is -2.00. The maximum atomic E-state index is 5.81. The van der Waals surface area contributed by atoms with Crippen LogP contribution in [0.2, 0.25) is 0 Å². The fourth-order valence-electron chi connectivity index (χ4n) is 2.30. The molecule has 0 N–H and O–H groups in total. The highest BCUT2D eigenvalue weighted by Gasteiger charge is 2.08. The van der Waals surface area contributed by atoms with E-state index >= 15 is 0 Å². The van der Waals surface area contributed by atoms with E-state index in [0.29, 0.717) is 18.9 Å². The second kappa shape index (κ2) is 6.19. The zero-order valence-electron chi connectivity index (χ0n) is 11.8. The van der Waals surface area contributed by atoms with Gasteiger partial charge < -0.3 is 9.26 Å². The summed E-state index contributed by atoms with van der Waals surface area (Å²) in [7, 11) is 0. The molecule has 0 bridgehead atoms. The number of hydrogen-bond donors (Lipinski definition) is 0. The first-order valence-corrected chi connectivity index (χ1v) is 7.42. The Morgan fingerprint density at radius 1 is 1.19 bits per heavy atom. The third-order valence-corrected chi connectivity index (χ3v) is 3.53. The van der Waals surface area contributed by atoms with E-state index in [9.17, 15) is 0 Å². The molecule has 0 amide bonds. The molecule has 1 heterocycles. The summed E-state index contributed by atoms with van der Waals surface area (Å²) in [6, 6.07) is 14.1. The van der Waals surface area contributed by atoms with Crippen molar-refractivity contribution < 1.29 is 9.26 Å². The van der Waals surface area contributed by atoms with Crippen molar-refractivity contribution >= 4 is 22.6 Å². The first-order valence-electron chi connectivity index (χ1n) is 6.89. The van der Waals surface area contributed by atoms with Crippen molar-refractivity contribution in [3.8, 4) is 5.75 Å². The molecule has 0 aliphatic carbocycles. The Labute approximate surface area is 128 Å². The lowest BCUT2D eigenvalue weighted by molar-refractivity contribution is 0.306. The lowest BCUT2D eigenvalue weighted by atomic mass is 10.1. The molecular weight excluding hydrogens is 286 g/mol. The standard InChI is InChI=1S/C17H16ClNO2/c1-12-3-2-4-13(9-12)11-20-14-5-6-15-16(7-8-18)19-21-17(15)10-14/h2-6,9-10H,7-8,11H2,1H3. The Bertz CT molecular complexity index is 751. The maximum absolute atomic E-state index is 5.81. The largest absolute Gasteiger partial charge is 0.489 e. The summed E-state index contributed by atoms with van der Waals surface area (Å²) in [4.78, 5) is 0. The first-order chi connectivity index (χ1) is 10.3. The summed E-state index contributed by atoms with van der Waals surface area (Å²) in [6.07, 6.45) is 0.706. The molecule has 0 radical (unpaired) electrons. The molecule has 21 heavy (non-hydrogen) atoms. The molecule has 0 saturated carbocycles. The van der Waals surface area contributed by atoms with E-state index < -0.39 is 0 Å². The summed E-state index contributed by atoms with van der Waals surface area (Å²) >= 11 is 5.75. The number of benzene rings is 2. The molecule has 4 heteroatoms. The Balaban J connectivity index is 1.75. The minimum absolute atomic E-state index is 0.535. The predicted octanol–water partition coefficient (Wildman–Crippen LogP) is 4.50. The van der Waals surface area contributed by atoms with Gasteiger partial charge in [-0.05, 0) is 24.6 Å². The van der Waals surface area contributed by atoms with Gasteiger partial charge in [-0.1, -0.05) is 35.0 Å². The van der Waals surface area contributed by atoms with Crippen LogP contribution in [0.1, 0.15) is 16.8 Å². The van der Waals surface area contributed by atoms with Crippen LogP contribution in [-0.4, -0.2) is 11.0 Å². The van der Waals surface area contributed by atoms with Gasteiger partial charge in [0.25, 0.3) is 0 Å². The van der Waals surface area contributed by atoms with Crippen molar-refractivity contribution in [1.29, 1.82) is 0 Å². The van der Waals surface area contributed by atoms with Crippen molar-refractivity contribution in [3.05, 3.63) is 59.3 Å². The number of halogens is 1. The van der Waals surface area contributed by atoms with E-state index in [0.717, 1.165) is 28.0 Å². The molecule has 1 aromatic heterocycles. The van der Waals surface area contributed by atoms with Gasteiger partial charge in [-0.3, -0.25) is 0 Å². The predicted molar refractivity (Wildman–Crippen MR) is 83.9 cm³/mol. The highest BCUT2D eigenvalue weighted by Crippen LogP contribution is 2.24. The van der Waals surface area contributed by atoms with E-state index in [1.165, 1.54) is 5.56 Å². The van der Waals surface area contributed by atoms with Crippen LogP contribution in [0.25, 0.3) is 11.0 Å². The van der Waals surface area contributed by atoms with Gasteiger partial charge in [-0.15, -0.1) is 11.6 Å². The first kappa shape index (κ1) is 14.0. The summed E-state index contributed by atoms with van der Waals surface area (Å²) < 4.78 is 11.1. The third kappa shape index (κ3) is 3.19. The molecule has 108 valence electrons. The van der Waals surface area contributed by atoms with Crippen LogP contribution < -0.4 is 4.74 Å². The van der Waals surface area contributed by atoms with Crippen LogP contribution in [0, 0.1) is 6.92 Å². The SMILES string of the molecule is Cc1cccc(COc2ccc3c(CCCl)noc3c2)c1. The summed E-state index contributed by atoms with van der Waals surface area (Å²) in [5.74, 6) is 1.31. The zero-order valence-corrected chi connectivity index (χ0v) is 12.6. The highest BCUT2D eigenvalue weighted by atomic mass is 35.5. The van der Waals surface area contributed by atoms with Crippen LogP contribution in [0.15, 0.2) is 47.0 Å². The van der Waals surface area contributed by atoms with Gasteiger partial charge in [-0.25, -0.2) is 0 Å². The quantitative estimate of drug-likeness (QED) is 0.651. The van der Waals surface area contributed by atoms with Crippen molar-refractivity contribution in [2.75, 3.05) is 5.88 Å². The van der Waals surface area contributed by atoms with Gasteiger partial charge in [0, 0.05) is 23.8 Å². The minimum atomic E-state index is 0.535. The molecule has 0 unspecified atom stereocenters. The smallest absolute Gasteiger partial charge is 0.170 e. The van der Waals surface area contributed by atoms with E-state index in [1.54, 1.807) is 0 Å². The Morgan fingerprint density at radius 3 is 2.90 bits per heavy atom. The molecule has 0 spiro atoms. The number of fused-ring (bicyclic) bond motifs is 1. The molecule has 0 fully saturated rings. The molecule has 2 aromatic carbocycles. The zero-order chi connectivity index (χ0) is 14.7. The van der Waals surface area contributed by atoms with Crippen molar-refractivity contribution in [1.82, 2.24) is 5.16 Å². The third-order valence-electron chi connectivity index (χ3n) is 3.34. The monoisotopic (exact) mass is 301 g/mol. The van der Waals surface area contributed by atoms with Crippen molar-refractivity contribution in [2.24, 2.45) is 0 Å². The van der Waals surface area contributed by atoms with Crippen molar-refractivity contribution in [3.63, 3.8) is 0 Å². The van der Waals surface area contributed by atoms with Crippen LogP contribution >= 0.6 is 11.6 Å². The molecule has 0 aliphatic heterocycles. The number of nitrogens with zero attached hydrogens (tertiary/aromatic N) is 1. The molecule has 3 aromatic rings. The number of rotatable bonds is 5. The average molecular weight is 302 g/mol. The number of aromatic nitrogens is 1. The summed E-state index contributed by atoms with van der Waals surface area (Å²) in [6.45, 7) is 2.61. The van der Waals surface area contributed by atoms with E-state index in [2.05, 4.69) is 30.3 Å². The van der Waals surface area contributed by atoms with Gasteiger partial charge in [0.2, 0.25) is 0 Å². The van der Waals surface area contributed by atoms with Crippen LogP contribution in [0.3, 0.4) is 0 Å². The number of ether oxygens (including phenoxy) is 1. The molecular formula is C17H16ClNO2.